The third-order valence-corrected chi connectivity index (χ3v) is 5.75. The van der Waals surface area contributed by atoms with Gasteiger partial charge >= 0.3 is 0 Å². The number of rotatable bonds is 5. The molecule has 0 atom stereocenters. The summed E-state index contributed by atoms with van der Waals surface area (Å²) in [6.07, 6.45) is 6.46. The summed E-state index contributed by atoms with van der Waals surface area (Å²) in [6.45, 7) is 8.79. The van der Waals surface area contributed by atoms with Gasteiger partial charge in [-0.1, -0.05) is 25.8 Å². The smallest absolute Gasteiger partial charge is 0.132 e. The molecule has 0 amide bonds. The number of aryl methyl sites for hydroxylation is 1. The van der Waals surface area contributed by atoms with Gasteiger partial charge in [-0.3, -0.25) is 4.31 Å². The molecule has 1 aliphatic rings. The summed E-state index contributed by atoms with van der Waals surface area (Å²) in [5, 5.41) is 3.40. The minimum atomic E-state index is 0.492. The zero-order valence-electron chi connectivity index (χ0n) is 15.6. The molecule has 2 aromatic rings. The maximum atomic E-state index is 4.66. The number of pyridine rings is 2. The zero-order valence-corrected chi connectivity index (χ0v) is 16.4. The van der Waals surface area contributed by atoms with E-state index in [1.165, 1.54) is 24.0 Å². The highest BCUT2D eigenvalue weighted by atomic mass is 32.2. The lowest BCUT2D eigenvalue weighted by atomic mass is 9.90. The van der Waals surface area contributed by atoms with E-state index in [0.29, 0.717) is 11.8 Å². The molecule has 5 heteroatoms. The van der Waals surface area contributed by atoms with Crippen LogP contribution in [0.4, 0.5) is 11.6 Å². The fourth-order valence-corrected chi connectivity index (χ4v) is 3.95. The van der Waals surface area contributed by atoms with Crippen LogP contribution in [-0.2, 0) is 0 Å². The molecule has 0 unspecified atom stereocenters. The first-order valence-electron chi connectivity index (χ1n) is 9.05. The van der Waals surface area contributed by atoms with Crippen LogP contribution in [0.15, 0.2) is 30.5 Å². The Morgan fingerprint density at radius 1 is 1.16 bits per heavy atom. The molecular weight excluding hydrogens is 328 g/mol. The number of anilines is 2. The van der Waals surface area contributed by atoms with Crippen molar-refractivity contribution in [3.05, 3.63) is 47.3 Å². The average Bonchev–Trinajstić information content (AvgIpc) is 2.61. The van der Waals surface area contributed by atoms with E-state index < -0.39 is 0 Å². The van der Waals surface area contributed by atoms with Gasteiger partial charge in [-0.15, -0.1) is 0 Å². The highest BCUT2D eigenvalue weighted by Crippen LogP contribution is 2.31. The zero-order chi connectivity index (χ0) is 17.8. The normalized spacial score (nSPS) is 16.4. The summed E-state index contributed by atoms with van der Waals surface area (Å²) in [4.78, 5) is 9.11. The molecule has 1 aliphatic heterocycles. The lowest BCUT2D eigenvalue weighted by molar-refractivity contribution is 0.347. The van der Waals surface area contributed by atoms with Crippen LogP contribution in [0.2, 0.25) is 0 Å². The number of hydrogen-bond acceptors (Lipinski definition) is 5. The second kappa shape index (κ2) is 8.19. The molecule has 1 saturated heterocycles. The predicted molar refractivity (Wildman–Crippen MR) is 108 cm³/mol. The van der Waals surface area contributed by atoms with Gasteiger partial charge in [0, 0.05) is 25.0 Å². The second-order valence-electron chi connectivity index (χ2n) is 7.07. The molecule has 0 saturated carbocycles. The van der Waals surface area contributed by atoms with Crippen molar-refractivity contribution in [2.75, 3.05) is 24.7 Å². The Morgan fingerprint density at radius 2 is 1.92 bits per heavy atom. The van der Waals surface area contributed by atoms with Crippen molar-refractivity contribution >= 4 is 23.6 Å². The molecule has 3 heterocycles. The first-order chi connectivity index (χ1) is 12.0. The highest BCUT2D eigenvalue weighted by Gasteiger charge is 2.21. The molecule has 3 rings (SSSR count). The summed E-state index contributed by atoms with van der Waals surface area (Å²) in [5.41, 5.74) is 3.75. The SMILES string of the molecule is CSN1CCC(c2cc(C)nc(Nc3cc(C(C)C)ccn3)c2)CC1. The molecule has 4 nitrogen and oxygen atoms in total. The predicted octanol–water partition coefficient (Wildman–Crippen LogP) is 5.11. The molecule has 0 bridgehead atoms. The first-order valence-corrected chi connectivity index (χ1v) is 10.2. The van der Waals surface area contributed by atoms with Crippen LogP contribution in [0.1, 0.15) is 55.3 Å². The van der Waals surface area contributed by atoms with Crippen LogP contribution in [0.5, 0.6) is 0 Å². The largest absolute Gasteiger partial charge is 0.325 e. The number of nitrogens with one attached hydrogen (secondary N) is 1. The Balaban J connectivity index is 1.77. The van der Waals surface area contributed by atoms with E-state index in [-0.39, 0.29) is 0 Å². The molecular formula is C20H28N4S. The molecule has 0 aliphatic carbocycles. The third-order valence-electron chi connectivity index (χ3n) is 4.87. The standard InChI is InChI=1S/C20H28N4S/c1-14(2)17-5-8-21-19(12-17)23-20-13-18(11-15(3)22-20)16-6-9-24(25-4)10-7-16/h5,8,11-14,16H,6-7,9-10H2,1-4H3,(H,21,22,23). The van der Waals surface area contributed by atoms with Crippen LogP contribution in [0.25, 0.3) is 0 Å². The van der Waals surface area contributed by atoms with E-state index >= 15 is 0 Å². The summed E-state index contributed by atoms with van der Waals surface area (Å²) < 4.78 is 2.45. The maximum Gasteiger partial charge on any atom is 0.132 e. The monoisotopic (exact) mass is 356 g/mol. The fraction of sp³-hybridized carbons (Fsp3) is 0.500. The van der Waals surface area contributed by atoms with Crippen molar-refractivity contribution in [2.45, 2.75) is 45.4 Å². The number of aromatic nitrogens is 2. The number of piperidine rings is 1. The van der Waals surface area contributed by atoms with E-state index in [9.17, 15) is 0 Å². The summed E-state index contributed by atoms with van der Waals surface area (Å²) in [7, 11) is 0. The average molecular weight is 357 g/mol. The molecule has 25 heavy (non-hydrogen) atoms. The van der Waals surface area contributed by atoms with Gasteiger partial charge in [0.15, 0.2) is 0 Å². The highest BCUT2D eigenvalue weighted by molar-refractivity contribution is 7.96. The third kappa shape index (κ3) is 4.73. The Morgan fingerprint density at radius 3 is 2.60 bits per heavy atom. The quantitative estimate of drug-likeness (QED) is 0.754. The lowest BCUT2D eigenvalue weighted by Gasteiger charge is -2.30. The van der Waals surface area contributed by atoms with Gasteiger partial charge in [0.25, 0.3) is 0 Å². The molecule has 0 radical (unpaired) electrons. The maximum absolute atomic E-state index is 4.66. The second-order valence-corrected chi connectivity index (χ2v) is 7.95. The van der Waals surface area contributed by atoms with Gasteiger partial charge in [-0.25, -0.2) is 9.97 Å². The van der Waals surface area contributed by atoms with E-state index in [4.69, 9.17) is 0 Å². The topological polar surface area (TPSA) is 41.1 Å². The Labute approximate surface area is 155 Å². The Hall–Kier alpha value is -1.59. The van der Waals surface area contributed by atoms with Crippen molar-refractivity contribution in [3.63, 3.8) is 0 Å². The van der Waals surface area contributed by atoms with Crippen LogP contribution in [0.3, 0.4) is 0 Å². The number of hydrogen-bond donors (Lipinski definition) is 1. The summed E-state index contributed by atoms with van der Waals surface area (Å²) in [6, 6.07) is 8.63. The van der Waals surface area contributed by atoms with Gasteiger partial charge in [0.2, 0.25) is 0 Å². The minimum absolute atomic E-state index is 0.492. The molecule has 0 aromatic carbocycles. The van der Waals surface area contributed by atoms with Gasteiger partial charge < -0.3 is 5.32 Å². The van der Waals surface area contributed by atoms with E-state index in [1.807, 2.05) is 18.1 Å². The van der Waals surface area contributed by atoms with Crippen LogP contribution < -0.4 is 5.32 Å². The van der Waals surface area contributed by atoms with E-state index in [0.717, 1.165) is 30.4 Å². The summed E-state index contributed by atoms with van der Waals surface area (Å²) in [5.74, 6) is 2.88. The van der Waals surface area contributed by atoms with Crippen LogP contribution in [-0.4, -0.2) is 33.6 Å². The summed E-state index contributed by atoms with van der Waals surface area (Å²) >= 11 is 1.86. The Kier molecular flexibility index (Phi) is 5.97. The van der Waals surface area contributed by atoms with Crippen molar-refractivity contribution < 1.29 is 0 Å². The van der Waals surface area contributed by atoms with Crippen molar-refractivity contribution in [2.24, 2.45) is 0 Å². The molecule has 1 fully saturated rings. The van der Waals surface area contributed by atoms with E-state index in [1.54, 1.807) is 0 Å². The Bertz CT molecular complexity index is 709. The number of nitrogens with zero attached hydrogens (tertiary/aromatic N) is 3. The molecule has 0 spiro atoms. The van der Waals surface area contributed by atoms with Crippen LogP contribution in [0, 0.1) is 6.92 Å². The fourth-order valence-electron chi connectivity index (χ4n) is 3.37. The minimum Gasteiger partial charge on any atom is -0.325 e. The first kappa shape index (κ1) is 18.2. The van der Waals surface area contributed by atoms with Crippen molar-refractivity contribution in [3.8, 4) is 0 Å². The van der Waals surface area contributed by atoms with Gasteiger partial charge in [-0.05, 0) is 73.2 Å². The lowest BCUT2D eigenvalue weighted by Crippen LogP contribution is -2.27. The van der Waals surface area contributed by atoms with Gasteiger partial charge in [0.1, 0.15) is 11.6 Å². The van der Waals surface area contributed by atoms with Crippen molar-refractivity contribution in [1.29, 1.82) is 0 Å². The molecule has 1 N–H and O–H groups in total. The van der Waals surface area contributed by atoms with E-state index in [2.05, 4.69) is 70.9 Å². The molecule has 134 valence electrons. The van der Waals surface area contributed by atoms with Gasteiger partial charge in [0.05, 0.1) is 0 Å². The van der Waals surface area contributed by atoms with Gasteiger partial charge in [-0.2, -0.15) is 0 Å². The van der Waals surface area contributed by atoms with Crippen molar-refractivity contribution in [1.82, 2.24) is 14.3 Å². The van der Waals surface area contributed by atoms with Crippen LogP contribution >= 0.6 is 11.9 Å². The molecule has 2 aromatic heterocycles.